The largest absolute Gasteiger partial charge is 0.393 e. The van der Waals surface area contributed by atoms with Gasteiger partial charge in [-0.2, -0.15) is 0 Å². The Hall–Kier alpha value is -0.300. The summed E-state index contributed by atoms with van der Waals surface area (Å²) in [6.07, 6.45) is 18.7. The van der Waals surface area contributed by atoms with Crippen LogP contribution in [0.15, 0.2) is 11.1 Å². The Morgan fingerprint density at radius 3 is 2.44 bits per heavy atom. The molecule has 2 saturated carbocycles. The maximum absolute atomic E-state index is 10.9. The van der Waals surface area contributed by atoms with E-state index < -0.39 is 0 Å². The molecule has 0 heterocycles. The fraction of sp³-hybridized carbons (Fsp3) is 0.935. The van der Waals surface area contributed by atoms with Crippen LogP contribution in [0.2, 0.25) is 0 Å². The minimum absolute atomic E-state index is 0.0434. The topological polar surface area (TPSA) is 20.2 Å². The summed E-state index contributed by atoms with van der Waals surface area (Å²) in [5.41, 5.74) is 4.76. The van der Waals surface area contributed by atoms with Crippen molar-refractivity contribution in [3.63, 3.8) is 0 Å². The normalized spacial score (nSPS) is 42.6. The third-order valence-electron chi connectivity index (χ3n) is 11.4. The summed E-state index contributed by atoms with van der Waals surface area (Å²) in [5.74, 6) is 4.82. The van der Waals surface area contributed by atoms with Crippen molar-refractivity contribution in [1.29, 1.82) is 0 Å². The van der Waals surface area contributed by atoms with Crippen molar-refractivity contribution in [2.75, 3.05) is 0 Å². The van der Waals surface area contributed by atoms with Gasteiger partial charge in [0.15, 0.2) is 0 Å². The van der Waals surface area contributed by atoms with Crippen LogP contribution in [0.25, 0.3) is 0 Å². The van der Waals surface area contributed by atoms with E-state index >= 15 is 0 Å². The molecule has 32 heavy (non-hydrogen) atoms. The molecular formula is C31H54O. The summed E-state index contributed by atoms with van der Waals surface area (Å²) < 4.78 is 0. The molecular weight excluding hydrogens is 388 g/mol. The SMILES string of the molecule is CCCCC1C2CCC3=C(CC[C@]4(C)[C@@H]([C@H](C)CCCC(C)C)CC[C@@H]34)[C@@]2(C)CC[C@@H]1O. The molecule has 1 heteroatoms. The summed E-state index contributed by atoms with van der Waals surface area (Å²) in [6.45, 7) is 15.0. The van der Waals surface area contributed by atoms with Gasteiger partial charge in [0, 0.05) is 0 Å². The third kappa shape index (κ3) is 4.27. The van der Waals surface area contributed by atoms with E-state index in [0.29, 0.717) is 16.7 Å². The van der Waals surface area contributed by atoms with Crippen LogP contribution in [-0.2, 0) is 0 Å². The van der Waals surface area contributed by atoms with Gasteiger partial charge in [0.1, 0.15) is 0 Å². The molecule has 4 aliphatic rings. The maximum Gasteiger partial charge on any atom is 0.0571 e. The van der Waals surface area contributed by atoms with Gasteiger partial charge in [-0.05, 0) is 104 Å². The van der Waals surface area contributed by atoms with Crippen molar-refractivity contribution in [3.05, 3.63) is 11.1 Å². The lowest BCUT2D eigenvalue weighted by molar-refractivity contribution is -0.0456. The van der Waals surface area contributed by atoms with Crippen molar-refractivity contribution in [1.82, 2.24) is 0 Å². The van der Waals surface area contributed by atoms with Gasteiger partial charge >= 0.3 is 0 Å². The Labute approximate surface area is 200 Å². The molecule has 8 atom stereocenters. The molecule has 0 saturated heterocycles. The molecule has 2 unspecified atom stereocenters. The van der Waals surface area contributed by atoms with Gasteiger partial charge in [-0.3, -0.25) is 0 Å². The molecule has 2 fully saturated rings. The van der Waals surface area contributed by atoms with Crippen molar-refractivity contribution < 1.29 is 5.11 Å². The second-order valence-corrected chi connectivity index (χ2v) is 13.5. The third-order valence-corrected chi connectivity index (χ3v) is 11.4. The molecule has 0 aliphatic heterocycles. The molecule has 0 aromatic rings. The predicted octanol–water partition coefficient (Wildman–Crippen LogP) is 8.95. The minimum atomic E-state index is -0.0434. The van der Waals surface area contributed by atoms with E-state index in [1.807, 2.05) is 11.1 Å². The summed E-state index contributed by atoms with van der Waals surface area (Å²) in [5, 5.41) is 10.9. The molecule has 0 aromatic heterocycles. The van der Waals surface area contributed by atoms with Crippen LogP contribution in [0.1, 0.15) is 131 Å². The smallest absolute Gasteiger partial charge is 0.0571 e. The lowest BCUT2D eigenvalue weighted by Gasteiger charge is -2.57. The molecule has 4 aliphatic carbocycles. The Balaban J connectivity index is 1.53. The lowest BCUT2D eigenvalue weighted by Crippen LogP contribution is -2.49. The van der Waals surface area contributed by atoms with E-state index in [1.54, 1.807) is 0 Å². The fourth-order valence-corrected chi connectivity index (χ4v) is 9.56. The zero-order valence-electron chi connectivity index (χ0n) is 22.4. The van der Waals surface area contributed by atoms with Crippen LogP contribution >= 0.6 is 0 Å². The number of allylic oxidation sites excluding steroid dienone is 2. The maximum atomic E-state index is 10.9. The quantitative estimate of drug-likeness (QED) is 0.372. The van der Waals surface area contributed by atoms with Crippen molar-refractivity contribution >= 4 is 0 Å². The van der Waals surface area contributed by atoms with Crippen LogP contribution in [0.3, 0.4) is 0 Å². The number of rotatable bonds is 8. The second-order valence-electron chi connectivity index (χ2n) is 13.5. The highest BCUT2D eigenvalue weighted by Crippen LogP contribution is 2.66. The van der Waals surface area contributed by atoms with E-state index in [1.165, 1.54) is 83.5 Å². The summed E-state index contributed by atoms with van der Waals surface area (Å²) in [6, 6.07) is 0. The van der Waals surface area contributed by atoms with Crippen molar-refractivity contribution in [2.24, 2.45) is 46.3 Å². The van der Waals surface area contributed by atoms with E-state index in [0.717, 1.165) is 36.0 Å². The highest BCUT2D eigenvalue weighted by Gasteiger charge is 2.57. The van der Waals surface area contributed by atoms with Gasteiger partial charge in [0.2, 0.25) is 0 Å². The molecule has 0 bridgehead atoms. The Morgan fingerprint density at radius 1 is 0.938 bits per heavy atom. The molecule has 1 nitrogen and oxygen atoms in total. The highest BCUT2D eigenvalue weighted by molar-refractivity contribution is 5.34. The lowest BCUT2D eigenvalue weighted by atomic mass is 9.48. The van der Waals surface area contributed by atoms with Gasteiger partial charge in [-0.1, -0.05) is 84.8 Å². The number of aliphatic hydroxyl groups excluding tert-OH is 1. The van der Waals surface area contributed by atoms with E-state index in [9.17, 15) is 5.11 Å². The van der Waals surface area contributed by atoms with Gasteiger partial charge in [-0.25, -0.2) is 0 Å². The molecule has 0 amide bonds. The Morgan fingerprint density at radius 2 is 1.72 bits per heavy atom. The molecule has 4 rings (SSSR count). The Kier molecular flexibility index (Phi) is 7.56. The van der Waals surface area contributed by atoms with Gasteiger partial charge in [0.05, 0.1) is 6.10 Å². The first-order chi connectivity index (χ1) is 15.2. The van der Waals surface area contributed by atoms with E-state index in [-0.39, 0.29) is 6.10 Å². The minimum Gasteiger partial charge on any atom is -0.393 e. The zero-order valence-corrected chi connectivity index (χ0v) is 22.4. The monoisotopic (exact) mass is 442 g/mol. The number of aliphatic hydroxyl groups is 1. The van der Waals surface area contributed by atoms with E-state index in [2.05, 4.69) is 41.5 Å². The zero-order chi connectivity index (χ0) is 23.1. The fourth-order valence-electron chi connectivity index (χ4n) is 9.56. The second kappa shape index (κ2) is 9.75. The highest BCUT2D eigenvalue weighted by atomic mass is 16.3. The number of hydrogen-bond acceptors (Lipinski definition) is 1. The molecule has 0 spiro atoms. The molecule has 1 N–H and O–H groups in total. The van der Waals surface area contributed by atoms with Crippen LogP contribution < -0.4 is 0 Å². The number of hydrogen-bond donors (Lipinski definition) is 1. The first kappa shape index (κ1) is 24.8. The summed E-state index contributed by atoms with van der Waals surface area (Å²) >= 11 is 0. The number of fused-ring (bicyclic) bond motifs is 4. The van der Waals surface area contributed by atoms with Crippen LogP contribution in [0, 0.1) is 46.3 Å². The van der Waals surface area contributed by atoms with Gasteiger partial charge in [0.25, 0.3) is 0 Å². The predicted molar refractivity (Wildman–Crippen MR) is 138 cm³/mol. The van der Waals surface area contributed by atoms with Crippen LogP contribution in [-0.4, -0.2) is 11.2 Å². The van der Waals surface area contributed by atoms with E-state index in [4.69, 9.17) is 0 Å². The standard InChI is InChI=1S/C31H54O/c1-7-8-12-24-27-14-13-23-26-16-15-25(22(4)11-9-10-21(2)3)30(26,5)19-17-28(23)31(27,6)20-18-29(24)32/h21-22,24-27,29,32H,7-20H2,1-6H3/t22-,24?,25-,26+,27?,29+,30-,31+/m1/s1. The first-order valence-electron chi connectivity index (χ1n) is 14.6. The van der Waals surface area contributed by atoms with Gasteiger partial charge < -0.3 is 5.11 Å². The summed E-state index contributed by atoms with van der Waals surface area (Å²) in [4.78, 5) is 0. The average Bonchev–Trinajstić information content (AvgIpc) is 3.10. The van der Waals surface area contributed by atoms with Gasteiger partial charge in [-0.15, -0.1) is 0 Å². The van der Waals surface area contributed by atoms with Crippen LogP contribution in [0.4, 0.5) is 0 Å². The van der Waals surface area contributed by atoms with Crippen molar-refractivity contribution in [3.8, 4) is 0 Å². The van der Waals surface area contributed by atoms with Crippen LogP contribution in [0.5, 0.6) is 0 Å². The summed E-state index contributed by atoms with van der Waals surface area (Å²) in [7, 11) is 0. The molecule has 184 valence electrons. The average molecular weight is 443 g/mol. The number of unbranched alkanes of at least 4 members (excludes halogenated alkanes) is 1. The Bertz CT molecular complexity index is 676. The van der Waals surface area contributed by atoms with Crippen molar-refractivity contribution in [2.45, 2.75) is 138 Å². The first-order valence-corrected chi connectivity index (χ1v) is 14.6. The molecule has 0 aromatic carbocycles. The molecule has 0 radical (unpaired) electrons.